The first-order chi connectivity index (χ1) is 9.97. The predicted octanol–water partition coefficient (Wildman–Crippen LogP) is 0.135. The Kier molecular flexibility index (Phi) is 5.33. The lowest BCUT2D eigenvalue weighted by Gasteiger charge is -2.22. The predicted molar refractivity (Wildman–Crippen MR) is 80.2 cm³/mol. The lowest BCUT2D eigenvalue weighted by molar-refractivity contribution is -0.123. The van der Waals surface area contributed by atoms with Gasteiger partial charge in [-0.2, -0.15) is 0 Å². The van der Waals surface area contributed by atoms with Crippen LogP contribution in [-0.4, -0.2) is 33.5 Å². The van der Waals surface area contributed by atoms with E-state index in [1.807, 2.05) is 0 Å². The molecule has 0 radical (unpaired) electrons. The highest BCUT2D eigenvalue weighted by Crippen LogP contribution is 2.09. The maximum Gasteiger partial charge on any atom is 0.238 e. The van der Waals surface area contributed by atoms with Crippen LogP contribution in [0.1, 0.15) is 24.8 Å². The summed E-state index contributed by atoms with van der Waals surface area (Å²) in [7, 11) is -3.65. The zero-order chi connectivity index (χ0) is 15.3. The van der Waals surface area contributed by atoms with Crippen molar-refractivity contribution < 1.29 is 13.2 Å². The summed E-state index contributed by atoms with van der Waals surface area (Å²) in [5.41, 5.74) is 0.958. The molecule has 21 heavy (non-hydrogen) atoms. The van der Waals surface area contributed by atoms with Gasteiger partial charge in [0.05, 0.1) is 10.9 Å². The van der Waals surface area contributed by atoms with Gasteiger partial charge in [0.15, 0.2) is 0 Å². The Hall–Kier alpha value is -1.44. The molecule has 2 rings (SSSR count). The topological polar surface area (TPSA) is 101 Å². The molecule has 1 aliphatic rings. The molecule has 1 saturated heterocycles. The molecule has 0 bridgehead atoms. The van der Waals surface area contributed by atoms with Crippen LogP contribution in [0.4, 0.5) is 0 Å². The number of primary sulfonamides is 1. The largest absolute Gasteiger partial charge is 0.354 e. The normalized spacial score (nSPS) is 19.2. The van der Waals surface area contributed by atoms with Crippen molar-refractivity contribution in [3.63, 3.8) is 0 Å². The first kappa shape index (κ1) is 15.9. The summed E-state index contributed by atoms with van der Waals surface area (Å²) in [5, 5.41) is 11.1. The van der Waals surface area contributed by atoms with Crippen LogP contribution in [0.5, 0.6) is 0 Å². The fourth-order valence-corrected chi connectivity index (χ4v) is 2.89. The fraction of sp³-hybridized carbons (Fsp3) is 0.500. The van der Waals surface area contributed by atoms with Crippen molar-refractivity contribution in [3.05, 3.63) is 29.8 Å². The quantitative estimate of drug-likeness (QED) is 0.719. The second kappa shape index (κ2) is 7.02. The van der Waals surface area contributed by atoms with E-state index in [-0.39, 0.29) is 16.8 Å². The van der Waals surface area contributed by atoms with E-state index in [1.165, 1.54) is 12.1 Å². The maximum atomic E-state index is 11.9. The molecule has 1 unspecified atom stereocenters. The van der Waals surface area contributed by atoms with Crippen LogP contribution in [0.15, 0.2) is 29.2 Å². The molecule has 1 amide bonds. The number of amides is 1. The SMILES string of the molecule is NS(=O)(=O)c1ccc(CCNC(=O)C2CCCCN2)cc1. The summed E-state index contributed by atoms with van der Waals surface area (Å²) >= 11 is 0. The Bertz CT molecular complexity index is 578. The smallest absolute Gasteiger partial charge is 0.238 e. The number of benzene rings is 1. The molecule has 7 heteroatoms. The molecule has 1 aliphatic heterocycles. The molecule has 0 spiro atoms. The van der Waals surface area contributed by atoms with Gasteiger partial charge in [-0.05, 0) is 43.5 Å². The van der Waals surface area contributed by atoms with E-state index in [9.17, 15) is 13.2 Å². The van der Waals surface area contributed by atoms with E-state index in [4.69, 9.17) is 5.14 Å². The van der Waals surface area contributed by atoms with Gasteiger partial charge >= 0.3 is 0 Å². The van der Waals surface area contributed by atoms with Crippen molar-refractivity contribution in [1.29, 1.82) is 0 Å². The highest BCUT2D eigenvalue weighted by molar-refractivity contribution is 7.89. The van der Waals surface area contributed by atoms with Crippen LogP contribution in [0.25, 0.3) is 0 Å². The van der Waals surface area contributed by atoms with E-state index in [0.29, 0.717) is 13.0 Å². The number of carbonyl (C=O) groups excluding carboxylic acids is 1. The maximum absolute atomic E-state index is 11.9. The van der Waals surface area contributed by atoms with Gasteiger partial charge in [0, 0.05) is 6.54 Å². The minimum Gasteiger partial charge on any atom is -0.354 e. The molecule has 1 fully saturated rings. The summed E-state index contributed by atoms with van der Waals surface area (Å²) in [6.07, 6.45) is 3.75. The van der Waals surface area contributed by atoms with Crippen LogP contribution < -0.4 is 15.8 Å². The number of nitrogens with two attached hydrogens (primary N) is 1. The van der Waals surface area contributed by atoms with E-state index in [1.54, 1.807) is 12.1 Å². The van der Waals surface area contributed by atoms with E-state index >= 15 is 0 Å². The molecule has 116 valence electrons. The molecule has 0 aliphatic carbocycles. The van der Waals surface area contributed by atoms with E-state index in [2.05, 4.69) is 10.6 Å². The molecule has 1 aromatic rings. The van der Waals surface area contributed by atoms with Crippen molar-refractivity contribution in [2.75, 3.05) is 13.1 Å². The summed E-state index contributed by atoms with van der Waals surface area (Å²) < 4.78 is 22.3. The standard InChI is InChI=1S/C14H21N3O3S/c15-21(19,20)12-6-4-11(5-7-12)8-10-17-14(18)13-3-1-2-9-16-13/h4-7,13,16H,1-3,8-10H2,(H,17,18)(H2,15,19,20). The van der Waals surface area contributed by atoms with Gasteiger partial charge < -0.3 is 10.6 Å². The molecule has 1 heterocycles. The Morgan fingerprint density at radius 2 is 2.00 bits per heavy atom. The molecular formula is C14H21N3O3S. The van der Waals surface area contributed by atoms with Gasteiger partial charge in [-0.15, -0.1) is 0 Å². The van der Waals surface area contributed by atoms with Crippen molar-refractivity contribution >= 4 is 15.9 Å². The average molecular weight is 311 g/mol. The van der Waals surface area contributed by atoms with Crippen molar-refractivity contribution in [3.8, 4) is 0 Å². The molecule has 0 saturated carbocycles. The average Bonchev–Trinajstić information content (AvgIpc) is 2.47. The number of sulfonamides is 1. The van der Waals surface area contributed by atoms with E-state index in [0.717, 1.165) is 31.4 Å². The molecule has 1 atom stereocenters. The van der Waals surface area contributed by atoms with Crippen molar-refractivity contribution in [2.45, 2.75) is 36.6 Å². The first-order valence-corrected chi connectivity index (χ1v) is 8.64. The van der Waals surface area contributed by atoms with E-state index < -0.39 is 10.0 Å². The number of carbonyl (C=O) groups is 1. The van der Waals surface area contributed by atoms with Crippen molar-refractivity contribution in [1.82, 2.24) is 10.6 Å². The van der Waals surface area contributed by atoms with Crippen LogP contribution in [0, 0.1) is 0 Å². The monoisotopic (exact) mass is 311 g/mol. The van der Waals surface area contributed by atoms with Crippen LogP contribution >= 0.6 is 0 Å². The minimum absolute atomic E-state index is 0.0378. The summed E-state index contributed by atoms with van der Waals surface area (Å²) in [5.74, 6) is 0.0378. The van der Waals surface area contributed by atoms with Crippen LogP contribution in [0.3, 0.4) is 0 Å². The third-order valence-corrected chi connectivity index (χ3v) is 4.52. The summed E-state index contributed by atoms with van der Waals surface area (Å²) in [4.78, 5) is 12.0. The lowest BCUT2D eigenvalue weighted by Crippen LogP contribution is -2.47. The lowest BCUT2D eigenvalue weighted by atomic mass is 10.0. The minimum atomic E-state index is -3.65. The highest BCUT2D eigenvalue weighted by atomic mass is 32.2. The molecular weight excluding hydrogens is 290 g/mol. The summed E-state index contributed by atoms with van der Waals surface area (Å²) in [6.45, 7) is 1.43. The second-order valence-corrected chi connectivity index (χ2v) is 6.79. The zero-order valence-corrected chi connectivity index (χ0v) is 12.7. The molecule has 1 aromatic carbocycles. The number of rotatable bonds is 5. The van der Waals surface area contributed by atoms with Crippen LogP contribution in [-0.2, 0) is 21.2 Å². The van der Waals surface area contributed by atoms with Gasteiger partial charge in [0.25, 0.3) is 0 Å². The number of hydrogen-bond donors (Lipinski definition) is 3. The Morgan fingerprint density at radius 3 is 2.57 bits per heavy atom. The Labute approximate surface area is 125 Å². The third kappa shape index (κ3) is 4.80. The first-order valence-electron chi connectivity index (χ1n) is 7.09. The Morgan fingerprint density at radius 1 is 1.29 bits per heavy atom. The molecule has 0 aromatic heterocycles. The third-order valence-electron chi connectivity index (χ3n) is 3.59. The van der Waals surface area contributed by atoms with Gasteiger partial charge in [0.1, 0.15) is 0 Å². The number of nitrogens with one attached hydrogen (secondary N) is 2. The van der Waals surface area contributed by atoms with Gasteiger partial charge in [-0.25, -0.2) is 13.6 Å². The number of piperidine rings is 1. The zero-order valence-electron chi connectivity index (χ0n) is 11.8. The van der Waals surface area contributed by atoms with Crippen molar-refractivity contribution in [2.24, 2.45) is 5.14 Å². The molecule has 4 N–H and O–H groups in total. The molecule has 6 nitrogen and oxygen atoms in total. The second-order valence-electron chi connectivity index (χ2n) is 5.23. The Balaban J connectivity index is 1.79. The van der Waals surface area contributed by atoms with Gasteiger partial charge in [-0.1, -0.05) is 18.6 Å². The van der Waals surface area contributed by atoms with Crippen LogP contribution in [0.2, 0.25) is 0 Å². The highest BCUT2D eigenvalue weighted by Gasteiger charge is 2.19. The number of hydrogen-bond acceptors (Lipinski definition) is 4. The van der Waals surface area contributed by atoms with Gasteiger partial charge in [0.2, 0.25) is 15.9 Å². The van der Waals surface area contributed by atoms with Gasteiger partial charge in [-0.3, -0.25) is 4.79 Å². The summed E-state index contributed by atoms with van der Waals surface area (Å²) in [6, 6.07) is 6.31. The fourth-order valence-electron chi connectivity index (χ4n) is 2.37.